The van der Waals surface area contributed by atoms with E-state index >= 15 is 0 Å². The molecule has 0 aromatic heterocycles. The van der Waals surface area contributed by atoms with E-state index in [1.807, 2.05) is 6.92 Å². The largest absolute Gasteiger partial charge is 0.478 e. The van der Waals surface area contributed by atoms with Crippen LogP contribution < -0.4 is 0 Å². The first-order chi connectivity index (χ1) is 10.3. The molecule has 3 fully saturated rings. The molecule has 3 aliphatic carbocycles. The summed E-state index contributed by atoms with van der Waals surface area (Å²) in [6, 6.07) is 0. The Morgan fingerprint density at radius 1 is 1.36 bits per heavy atom. The maximum Gasteiger partial charge on any atom is 0.328 e. The van der Waals surface area contributed by atoms with Crippen molar-refractivity contribution < 1.29 is 9.90 Å². The van der Waals surface area contributed by atoms with E-state index in [4.69, 9.17) is 5.11 Å². The first kappa shape index (κ1) is 15.8. The molecular formula is C20H30O2. The van der Waals surface area contributed by atoms with Gasteiger partial charge in [0.05, 0.1) is 0 Å². The van der Waals surface area contributed by atoms with Gasteiger partial charge in [0, 0.05) is 6.08 Å². The summed E-state index contributed by atoms with van der Waals surface area (Å²) in [7, 11) is 0. The molecule has 5 atom stereocenters. The summed E-state index contributed by atoms with van der Waals surface area (Å²) >= 11 is 0. The predicted octanol–water partition coefficient (Wildman–Crippen LogP) is 5.21. The topological polar surface area (TPSA) is 37.3 Å². The third-order valence-electron chi connectivity index (χ3n) is 7.32. The van der Waals surface area contributed by atoms with Crippen LogP contribution >= 0.6 is 0 Å². The fourth-order valence-corrected chi connectivity index (χ4v) is 5.98. The van der Waals surface area contributed by atoms with Crippen molar-refractivity contribution in [1.82, 2.24) is 0 Å². The van der Waals surface area contributed by atoms with Crippen LogP contribution in [0.5, 0.6) is 0 Å². The van der Waals surface area contributed by atoms with E-state index in [2.05, 4.69) is 20.4 Å². The minimum absolute atomic E-state index is 0.389. The van der Waals surface area contributed by atoms with Crippen LogP contribution in [-0.4, -0.2) is 11.1 Å². The molecule has 0 saturated heterocycles. The van der Waals surface area contributed by atoms with Gasteiger partial charge in [0.25, 0.3) is 0 Å². The van der Waals surface area contributed by atoms with E-state index in [1.54, 1.807) is 0 Å². The number of carboxylic acid groups (broad SMARTS) is 1. The quantitative estimate of drug-likeness (QED) is 0.572. The van der Waals surface area contributed by atoms with Gasteiger partial charge in [-0.1, -0.05) is 31.6 Å². The minimum atomic E-state index is -0.824. The van der Waals surface area contributed by atoms with Crippen molar-refractivity contribution in [3.8, 4) is 0 Å². The third-order valence-corrected chi connectivity index (χ3v) is 7.32. The van der Waals surface area contributed by atoms with Crippen molar-refractivity contribution in [2.24, 2.45) is 28.6 Å². The molecule has 1 unspecified atom stereocenters. The summed E-state index contributed by atoms with van der Waals surface area (Å²) in [4.78, 5) is 10.8. The molecule has 0 radical (unpaired) electrons. The number of carbonyl (C=O) groups is 1. The summed E-state index contributed by atoms with van der Waals surface area (Å²) in [5.74, 6) is 1.57. The zero-order valence-electron chi connectivity index (χ0n) is 14.3. The molecule has 3 aliphatic rings. The lowest BCUT2D eigenvalue weighted by Crippen LogP contribution is -2.46. The lowest BCUT2D eigenvalue weighted by Gasteiger charge is -2.54. The smallest absolute Gasteiger partial charge is 0.328 e. The fraction of sp³-hybridized carbons (Fsp3) is 0.750. The van der Waals surface area contributed by atoms with E-state index in [1.165, 1.54) is 43.8 Å². The van der Waals surface area contributed by atoms with Crippen LogP contribution in [0.4, 0.5) is 0 Å². The molecule has 3 rings (SSSR count). The lowest BCUT2D eigenvalue weighted by atomic mass is 9.50. The number of allylic oxidation sites excluding steroid dienone is 2. The van der Waals surface area contributed by atoms with Crippen LogP contribution in [-0.2, 0) is 4.79 Å². The van der Waals surface area contributed by atoms with Gasteiger partial charge in [-0.05, 0) is 80.5 Å². The van der Waals surface area contributed by atoms with Gasteiger partial charge in [0.2, 0.25) is 0 Å². The number of carboxylic acids is 1. The Kier molecular flexibility index (Phi) is 3.78. The zero-order chi connectivity index (χ0) is 16.1. The molecule has 0 bridgehead atoms. The normalized spacial score (nSPS) is 44.2. The van der Waals surface area contributed by atoms with E-state index in [0.29, 0.717) is 16.7 Å². The second-order valence-corrected chi connectivity index (χ2v) is 8.62. The van der Waals surface area contributed by atoms with Crippen LogP contribution in [0.2, 0.25) is 0 Å². The number of aliphatic carboxylic acids is 1. The Morgan fingerprint density at radius 2 is 2.09 bits per heavy atom. The predicted molar refractivity (Wildman–Crippen MR) is 89.5 cm³/mol. The molecule has 0 aromatic carbocycles. The van der Waals surface area contributed by atoms with Gasteiger partial charge in [0.15, 0.2) is 0 Å². The third kappa shape index (κ3) is 2.45. The number of fused-ring (bicyclic) bond motifs is 3. The van der Waals surface area contributed by atoms with Gasteiger partial charge in [-0.15, -0.1) is 0 Å². The van der Waals surface area contributed by atoms with Gasteiger partial charge in [0.1, 0.15) is 0 Å². The average Bonchev–Trinajstić information content (AvgIpc) is 3.08. The Labute approximate surface area is 134 Å². The highest BCUT2D eigenvalue weighted by Gasteiger charge is 2.64. The molecule has 2 heteroatoms. The van der Waals surface area contributed by atoms with Crippen molar-refractivity contribution in [2.75, 3.05) is 0 Å². The molecule has 0 heterocycles. The minimum Gasteiger partial charge on any atom is -0.478 e. The van der Waals surface area contributed by atoms with Crippen LogP contribution in [0.1, 0.15) is 65.7 Å². The van der Waals surface area contributed by atoms with Gasteiger partial charge in [-0.2, -0.15) is 0 Å². The Balaban J connectivity index is 1.76. The van der Waals surface area contributed by atoms with Crippen LogP contribution in [0, 0.1) is 28.6 Å². The summed E-state index contributed by atoms with van der Waals surface area (Å²) < 4.78 is 0. The molecule has 22 heavy (non-hydrogen) atoms. The molecule has 0 amide bonds. The van der Waals surface area contributed by atoms with Gasteiger partial charge >= 0.3 is 5.97 Å². The highest BCUT2D eigenvalue weighted by Crippen LogP contribution is 2.73. The Morgan fingerprint density at radius 3 is 2.77 bits per heavy atom. The fourth-order valence-electron chi connectivity index (χ4n) is 5.98. The average molecular weight is 302 g/mol. The van der Waals surface area contributed by atoms with Crippen molar-refractivity contribution in [1.29, 1.82) is 0 Å². The van der Waals surface area contributed by atoms with E-state index < -0.39 is 5.97 Å². The van der Waals surface area contributed by atoms with Gasteiger partial charge in [-0.3, -0.25) is 0 Å². The number of hydrogen-bond acceptors (Lipinski definition) is 1. The number of rotatable bonds is 4. The molecule has 122 valence electrons. The van der Waals surface area contributed by atoms with Crippen LogP contribution in [0.3, 0.4) is 0 Å². The van der Waals surface area contributed by atoms with Crippen LogP contribution in [0.15, 0.2) is 23.8 Å². The maximum absolute atomic E-state index is 10.8. The molecule has 3 saturated carbocycles. The molecule has 0 aliphatic heterocycles. The van der Waals surface area contributed by atoms with E-state index in [9.17, 15) is 4.79 Å². The maximum atomic E-state index is 10.8. The second-order valence-electron chi connectivity index (χ2n) is 8.62. The van der Waals surface area contributed by atoms with Gasteiger partial charge in [-0.25, -0.2) is 4.79 Å². The zero-order valence-corrected chi connectivity index (χ0v) is 14.3. The lowest BCUT2D eigenvalue weighted by molar-refractivity contribution is -0.131. The van der Waals surface area contributed by atoms with Crippen LogP contribution in [0.25, 0.3) is 0 Å². The van der Waals surface area contributed by atoms with Crippen molar-refractivity contribution in [3.05, 3.63) is 23.8 Å². The Bertz CT molecular complexity index is 532. The second kappa shape index (κ2) is 5.25. The SMILES string of the molecule is C=C1CC[C@H]2[C@](C)(CCC3C[C@@]32C)[C@@H]1CCC(C)=CC(=O)O. The van der Waals surface area contributed by atoms with E-state index in [-0.39, 0.29) is 0 Å². The van der Waals surface area contributed by atoms with Crippen molar-refractivity contribution in [3.63, 3.8) is 0 Å². The highest BCUT2D eigenvalue weighted by atomic mass is 16.4. The van der Waals surface area contributed by atoms with Gasteiger partial charge < -0.3 is 5.11 Å². The summed E-state index contributed by atoms with van der Waals surface area (Å²) in [5.41, 5.74) is 3.39. The molecule has 0 spiro atoms. The molecule has 1 N–H and O–H groups in total. The van der Waals surface area contributed by atoms with Crippen molar-refractivity contribution in [2.45, 2.75) is 65.7 Å². The first-order valence-corrected chi connectivity index (χ1v) is 8.85. The monoisotopic (exact) mass is 302 g/mol. The summed E-state index contributed by atoms with van der Waals surface area (Å²) in [5, 5.41) is 8.89. The molecular weight excluding hydrogens is 272 g/mol. The number of hydrogen-bond donors (Lipinski definition) is 1. The van der Waals surface area contributed by atoms with E-state index in [0.717, 1.165) is 30.3 Å². The first-order valence-electron chi connectivity index (χ1n) is 8.85. The molecule has 0 aromatic rings. The summed E-state index contributed by atoms with van der Waals surface area (Å²) in [6.45, 7) is 11.4. The Hall–Kier alpha value is -1.05. The van der Waals surface area contributed by atoms with Crippen molar-refractivity contribution >= 4 is 5.97 Å². The summed E-state index contributed by atoms with van der Waals surface area (Å²) in [6.07, 6.45) is 9.98. The standard InChI is InChI=1S/C20H30O2/c1-13(11-18(21)22)5-7-16-14(2)6-8-17-19(16,3)10-9-15-12-20(15,17)4/h11,15-17H,2,5-10,12H2,1,3-4H3,(H,21,22)/t15?,16-,17+,19-,20+/m1/s1. The highest BCUT2D eigenvalue weighted by molar-refractivity contribution is 5.80. The molecule has 2 nitrogen and oxygen atoms in total.